The van der Waals surface area contributed by atoms with Crippen LogP contribution in [-0.2, 0) is 9.59 Å². The third-order valence-electron chi connectivity index (χ3n) is 2.54. The smallest absolute Gasteiger partial charge is 0.327 e. The molecule has 0 aromatic rings. The van der Waals surface area contributed by atoms with Crippen LogP contribution < -0.4 is 11.1 Å². The number of hydrogen-bond acceptors (Lipinski definition) is 4. The summed E-state index contributed by atoms with van der Waals surface area (Å²) >= 11 is 1.43. The molecule has 1 aliphatic rings. The Morgan fingerprint density at radius 2 is 2.11 bits per heavy atom. The lowest BCUT2D eigenvalue weighted by atomic mass is 10.2. The van der Waals surface area contributed by atoms with Crippen LogP contribution in [0.3, 0.4) is 0 Å². The van der Waals surface area contributed by atoms with Crippen LogP contribution >= 0.6 is 11.8 Å². The van der Waals surface area contributed by atoms with E-state index in [1.54, 1.807) is 0 Å². The summed E-state index contributed by atoms with van der Waals surface area (Å²) < 4.78 is 0. The number of carboxylic acid groups (broad SMARTS) is 1. The highest BCUT2D eigenvalue weighted by molar-refractivity contribution is 8.00. The van der Waals surface area contributed by atoms with Crippen molar-refractivity contribution in [2.75, 3.05) is 12.3 Å². The van der Waals surface area contributed by atoms with Gasteiger partial charge in [0.2, 0.25) is 5.91 Å². The number of rotatable bonds is 4. The van der Waals surface area contributed by atoms with Gasteiger partial charge in [-0.1, -0.05) is 13.8 Å². The summed E-state index contributed by atoms with van der Waals surface area (Å²) in [5.74, 6) is -1.23. The first-order valence-electron chi connectivity index (χ1n) is 5.53. The minimum absolute atomic E-state index is 0.124. The van der Waals surface area contributed by atoms with Gasteiger partial charge in [0.05, 0.1) is 11.9 Å². The Morgan fingerprint density at radius 1 is 1.50 bits per heavy atom. The molecular weight excluding hydrogens is 258 g/mol. The first kappa shape index (κ1) is 14.6. The topological polar surface area (TPSA) is 113 Å². The van der Waals surface area contributed by atoms with Crippen molar-refractivity contribution in [3.05, 3.63) is 0 Å². The predicted molar refractivity (Wildman–Crippen MR) is 66.9 cm³/mol. The fraction of sp³-hybridized carbons (Fsp3) is 0.700. The molecule has 7 nitrogen and oxygen atoms in total. The van der Waals surface area contributed by atoms with Crippen LogP contribution in [0.1, 0.15) is 13.8 Å². The zero-order valence-electron chi connectivity index (χ0n) is 10.3. The molecule has 0 aromatic carbocycles. The minimum atomic E-state index is -1.04. The second-order valence-corrected chi connectivity index (χ2v) is 5.50. The standard InChI is InChI=1S/C10H17N3O4S/c1-5(2)8-13(6(4-18-8)9(15)16)10(17)12-3-7(11)14/h5-6,8H,3-4H2,1-2H3,(H2,11,14)(H,12,17)(H,15,16). The van der Waals surface area contributed by atoms with E-state index in [9.17, 15) is 14.4 Å². The number of urea groups is 1. The van der Waals surface area contributed by atoms with Gasteiger partial charge in [-0.15, -0.1) is 11.8 Å². The average Bonchev–Trinajstić information content (AvgIpc) is 2.70. The molecule has 1 heterocycles. The molecule has 102 valence electrons. The Labute approximate surface area is 109 Å². The van der Waals surface area contributed by atoms with Crippen LogP contribution in [0.2, 0.25) is 0 Å². The van der Waals surface area contributed by atoms with Crippen LogP contribution in [0, 0.1) is 5.92 Å². The summed E-state index contributed by atoms with van der Waals surface area (Å²) in [6.45, 7) is 3.53. The van der Waals surface area contributed by atoms with E-state index >= 15 is 0 Å². The Balaban J connectivity index is 2.79. The highest BCUT2D eigenvalue weighted by Gasteiger charge is 2.42. The molecule has 3 amide bonds. The first-order valence-corrected chi connectivity index (χ1v) is 6.58. The van der Waals surface area contributed by atoms with Gasteiger partial charge in [-0.2, -0.15) is 0 Å². The molecule has 8 heteroatoms. The van der Waals surface area contributed by atoms with E-state index < -0.39 is 23.9 Å². The van der Waals surface area contributed by atoms with Crippen molar-refractivity contribution < 1.29 is 19.5 Å². The molecule has 1 fully saturated rings. The summed E-state index contributed by atoms with van der Waals surface area (Å²) in [7, 11) is 0. The monoisotopic (exact) mass is 275 g/mol. The quantitative estimate of drug-likeness (QED) is 0.650. The van der Waals surface area contributed by atoms with Gasteiger partial charge in [-0.3, -0.25) is 9.69 Å². The average molecular weight is 275 g/mol. The van der Waals surface area contributed by atoms with E-state index in [1.807, 2.05) is 13.8 Å². The van der Waals surface area contributed by atoms with Gasteiger partial charge >= 0.3 is 12.0 Å². The SMILES string of the molecule is CC(C)C1SCC(C(=O)O)N1C(=O)NCC(N)=O. The number of hydrogen-bond donors (Lipinski definition) is 3. The molecule has 0 bridgehead atoms. The third kappa shape index (κ3) is 3.28. The van der Waals surface area contributed by atoms with Crippen molar-refractivity contribution in [1.29, 1.82) is 0 Å². The Bertz CT molecular complexity index is 361. The van der Waals surface area contributed by atoms with Crippen LogP contribution in [0.4, 0.5) is 4.79 Å². The summed E-state index contributed by atoms with van der Waals surface area (Å²) in [4.78, 5) is 34.9. The molecule has 0 aromatic heterocycles. The molecule has 1 rings (SSSR count). The summed E-state index contributed by atoms with van der Waals surface area (Å²) in [6, 6.07) is -1.43. The van der Waals surface area contributed by atoms with Crippen LogP contribution in [0.15, 0.2) is 0 Å². The van der Waals surface area contributed by atoms with Gasteiger partial charge in [0.1, 0.15) is 6.04 Å². The highest BCUT2D eigenvalue weighted by atomic mass is 32.2. The maximum atomic E-state index is 11.9. The lowest BCUT2D eigenvalue weighted by Crippen LogP contribution is -2.52. The van der Waals surface area contributed by atoms with Crippen molar-refractivity contribution in [3.8, 4) is 0 Å². The summed E-state index contributed by atoms with van der Waals surface area (Å²) in [6.07, 6.45) is 0. The van der Waals surface area contributed by atoms with Gasteiger partial charge in [0.25, 0.3) is 0 Å². The fourth-order valence-electron chi connectivity index (χ4n) is 1.74. The second kappa shape index (κ2) is 5.94. The molecule has 2 atom stereocenters. The number of thioether (sulfide) groups is 1. The minimum Gasteiger partial charge on any atom is -0.480 e. The van der Waals surface area contributed by atoms with Crippen molar-refractivity contribution in [3.63, 3.8) is 0 Å². The van der Waals surface area contributed by atoms with Crippen molar-refractivity contribution >= 4 is 29.7 Å². The summed E-state index contributed by atoms with van der Waals surface area (Å²) in [5.41, 5.74) is 4.93. The van der Waals surface area contributed by atoms with E-state index in [4.69, 9.17) is 10.8 Å². The number of nitrogens with zero attached hydrogens (tertiary/aromatic N) is 1. The number of nitrogens with two attached hydrogens (primary N) is 1. The molecule has 0 aliphatic carbocycles. The molecule has 0 spiro atoms. The maximum absolute atomic E-state index is 11.9. The Kier molecular flexibility index (Phi) is 4.83. The number of nitrogens with one attached hydrogen (secondary N) is 1. The summed E-state index contributed by atoms with van der Waals surface area (Å²) in [5, 5.41) is 11.2. The molecule has 0 radical (unpaired) electrons. The maximum Gasteiger partial charge on any atom is 0.327 e. The van der Waals surface area contributed by atoms with Crippen molar-refractivity contribution in [1.82, 2.24) is 10.2 Å². The van der Waals surface area contributed by atoms with Gasteiger partial charge < -0.3 is 16.2 Å². The second-order valence-electron chi connectivity index (χ2n) is 4.35. The van der Waals surface area contributed by atoms with E-state index in [1.165, 1.54) is 16.7 Å². The van der Waals surface area contributed by atoms with Gasteiger partial charge in [-0.05, 0) is 5.92 Å². The highest BCUT2D eigenvalue weighted by Crippen LogP contribution is 2.33. The Morgan fingerprint density at radius 3 is 2.56 bits per heavy atom. The van der Waals surface area contributed by atoms with E-state index in [0.29, 0.717) is 5.75 Å². The molecule has 0 saturated carbocycles. The molecule has 4 N–H and O–H groups in total. The van der Waals surface area contributed by atoms with Crippen LogP contribution in [0.5, 0.6) is 0 Å². The van der Waals surface area contributed by atoms with Crippen LogP contribution in [-0.4, -0.2) is 51.6 Å². The van der Waals surface area contributed by atoms with Gasteiger partial charge in [0.15, 0.2) is 0 Å². The number of primary amides is 1. The van der Waals surface area contributed by atoms with E-state index in [2.05, 4.69) is 5.32 Å². The normalized spacial score (nSPS) is 23.2. The van der Waals surface area contributed by atoms with Crippen molar-refractivity contribution in [2.45, 2.75) is 25.3 Å². The largest absolute Gasteiger partial charge is 0.480 e. The van der Waals surface area contributed by atoms with Gasteiger partial charge in [-0.25, -0.2) is 9.59 Å². The number of amides is 3. The molecular formula is C10H17N3O4S. The van der Waals surface area contributed by atoms with Crippen LogP contribution in [0.25, 0.3) is 0 Å². The lowest BCUT2D eigenvalue weighted by molar-refractivity contribution is -0.141. The molecule has 1 aliphatic heterocycles. The van der Waals surface area contributed by atoms with Crippen molar-refractivity contribution in [2.24, 2.45) is 11.7 Å². The fourth-order valence-corrected chi connectivity index (χ4v) is 3.21. The number of aliphatic carboxylic acids is 1. The number of carbonyl (C=O) groups is 3. The number of carboxylic acids is 1. The van der Waals surface area contributed by atoms with E-state index in [-0.39, 0.29) is 17.8 Å². The first-order chi connectivity index (χ1) is 8.34. The third-order valence-corrected chi connectivity index (χ3v) is 4.16. The lowest BCUT2D eigenvalue weighted by Gasteiger charge is -2.29. The zero-order chi connectivity index (χ0) is 13.9. The predicted octanol–water partition coefficient (Wildman–Crippen LogP) is -0.335. The zero-order valence-corrected chi connectivity index (χ0v) is 11.1. The van der Waals surface area contributed by atoms with Gasteiger partial charge in [0, 0.05) is 5.75 Å². The number of carbonyl (C=O) groups excluding carboxylic acids is 2. The Hall–Kier alpha value is -1.44. The van der Waals surface area contributed by atoms with E-state index in [0.717, 1.165) is 0 Å². The molecule has 18 heavy (non-hydrogen) atoms. The molecule has 1 saturated heterocycles. The molecule has 2 unspecified atom stereocenters.